The average Bonchev–Trinajstić information content (AvgIpc) is 2.24. The topological polar surface area (TPSA) is 78.4 Å². The molecule has 0 radical (unpaired) electrons. The number of amides is 2. The second-order valence-corrected chi connectivity index (χ2v) is 3.29. The van der Waals surface area contributed by atoms with Crippen LogP contribution in [0.5, 0.6) is 0 Å². The van der Waals surface area contributed by atoms with Gasteiger partial charge in [-0.3, -0.25) is 0 Å². The second kappa shape index (κ2) is 8.60. The van der Waals surface area contributed by atoms with Crippen molar-refractivity contribution >= 4 is 12.0 Å². The maximum absolute atomic E-state index is 11.2. The number of rotatable bonds is 6. The van der Waals surface area contributed by atoms with Crippen molar-refractivity contribution in [3.05, 3.63) is 0 Å². The van der Waals surface area contributed by atoms with Gasteiger partial charge >= 0.3 is 12.0 Å². The molecule has 2 amide bonds. The number of hydrogen-bond acceptors (Lipinski definition) is 2. The number of carbonyl (C=O) groups excluding carboxylic acids is 1. The fourth-order valence-corrected chi connectivity index (χ4v) is 1.09. The van der Waals surface area contributed by atoms with Gasteiger partial charge in [0.2, 0.25) is 0 Å². The molecule has 0 aliphatic rings. The lowest BCUT2D eigenvalue weighted by Crippen LogP contribution is -2.46. The molecule has 0 fully saturated rings. The Labute approximate surface area is 95.6 Å². The average molecular weight is 226 g/mol. The zero-order valence-corrected chi connectivity index (χ0v) is 9.67. The Hall–Kier alpha value is -1.70. The number of unbranched alkanes of at least 4 members (excludes halogenated alkanes) is 1. The number of aliphatic carboxylic acids is 1. The first-order chi connectivity index (χ1) is 7.61. The zero-order valence-electron chi connectivity index (χ0n) is 9.67. The summed E-state index contributed by atoms with van der Waals surface area (Å²) in [6.07, 6.45) is 2.11. The van der Waals surface area contributed by atoms with E-state index in [2.05, 4.69) is 22.5 Å². The molecule has 5 nitrogen and oxygen atoms in total. The van der Waals surface area contributed by atoms with Crippen molar-refractivity contribution in [3.63, 3.8) is 0 Å². The van der Waals surface area contributed by atoms with Gasteiger partial charge in [0.05, 0.1) is 6.54 Å². The Morgan fingerprint density at radius 2 is 2.12 bits per heavy atom. The summed E-state index contributed by atoms with van der Waals surface area (Å²) in [5, 5.41) is 13.7. The standard InChI is InChI=1S/C11H18N2O3/c1-3-5-7-9(10(14)15)13-11(16)12-8-6-4-2/h9H,3,5,7-8H2,1-2H3,(H,14,15)(H2,12,13,16). The van der Waals surface area contributed by atoms with Crippen LogP contribution in [0.15, 0.2) is 0 Å². The van der Waals surface area contributed by atoms with Crippen LogP contribution in [-0.4, -0.2) is 29.7 Å². The second-order valence-electron chi connectivity index (χ2n) is 3.29. The summed E-state index contributed by atoms with van der Waals surface area (Å²) in [6.45, 7) is 3.86. The Bertz CT molecular complexity index is 291. The molecule has 5 heteroatoms. The van der Waals surface area contributed by atoms with Gasteiger partial charge in [-0.2, -0.15) is 0 Å². The minimum Gasteiger partial charge on any atom is -0.480 e. The highest BCUT2D eigenvalue weighted by Crippen LogP contribution is 2.00. The van der Waals surface area contributed by atoms with Gasteiger partial charge in [0.25, 0.3) is 0 Å². The third-order valence-electron chi connectivity index (χ3n) is 1.96. The number of carboxylic acid groups (broad SMARTS) is 1. The highest BCUT2D eigenvalue weighted by atomic mass is 16.4. The first-order valence-electron chi connectivity index (χ1n) is 5.28. The molecule has 0 aliphatic heterocycles. The Morgan fingerprint density at radius 1 is 1.44 bits per heavy atom. The van der Waals surface area contributed by atoms with Crippen LogP contribution in [0, 0.1) is 11.8 Å². The van der Waals surface area contributed by atoms with Crippen LogP contribution in [0.3, 0.4) is 0 Å². The summed E-state index contributed by atoms with van der Waals surface area (Å²) in [5.74, 6) is 4.27. The SMILES string of the molecule is CC#CCNC(=O)NC(CCCC)C(=O)O. The van der Waals surface area contributed by atoms with E-state index in [0.29, 0.717) is 6.42 Å². The molecule has 0 spiro atoms. The number of urea groups is 1. The molecular weight excluding hydrogens is 208 g/mol. The normalized spacial score (nSPS) is 10.9. The van der Waals surface area contributed by atoms with Crippen LogP contribution in [0.25, 0.3) is 0 Å². The number of nitrogens with one attached hydrogen (secondary N) is 2. The first-order valence-corrected chi connectivity index (χ1v) is 5.28. The summed E-state index contributed by atoms with van der Waals surface area (Å²) in [5.41, 5.74) is 0. The summed E-state index contributed by atoms with van der Waals surface area (Å²) in [4.78, 5) is 22.0. The van der Waals surface area contributed by atoms with Gasteiger partial charge in [-0.05, 0) is 13.3 Å². The van der Waals surface area contributed by atoms with Gasteiger partial charge in [-0.1, -0.05) is 25.7 Å². The molecule has 0 saturated heterocycles. The molecule has 0 aromatic rings. The van der Waals surface area contributed by atoms with Crippen LogP contribution in [0.4, 0.5) is 4.79 Å². The van der Waals surface area contributed by atoms with E-state index in [1.165, 1.54) is 0 Å². The van der Waals surface area contributed by atoms with Gasteiger partial charge in [-0.25, -0.2) is 9.59 Å². The van der Waals surface area contributed by atoms with Crippen molar-refractivity contribution in [1.29, 1.82) is 0 Å². The van der Waals surface area contributed by atoms with Crippen molar-refractivity contribution in [2.45, 2.75) is 39.2 Å². The summed E-state index contributed by atoms with van der Waals surface area (Å²) < 4.78 is 0. The van der Waals surface area contributed by atoms with Gasteiger partial charge < -0.3 is 15.7 Å². The van der Waals surface area contributed by atoms with E-state index in [1.807, 2.05) is 6.92 Å². The molecule has 90 valence electrons. The maximum atomic E-state index is 11.2. The van der Waals surface area contributed by atoms with Crippen LogP contribution in [0.2, 0.25) is 0 Å². The highest BCUT2D eigenvalue weighted by Gasteiger charge is 2.18. The van der Waals surface area contributed by atoms with Crippen molar-refractivity contribution in [1.82, 2.24) is 10.6 Å². The van der Waals surface area contributed by atoms with Gasteiger partial charge in [0, 0.05) is 0 Å². The lowest BCUT2D eigenvalue weighted by atomic mass is 10.1. The molecule has 3 N–H and O–H groups in total. The van der Waals surface area contributed by atoms with E-state index in [4.69, 9.17) is 5.11 Å². The minimum atomic E-state index is -1.01. The maximum Gasteiger partial charge on any atom is 0.326 e. The van der Waals surface area contributed by atoms with Crippen LogP contribution in [0.1, 0.15) is 33.1 Å². The lowest BCUT2D eigenvalue weighted by Gasteiger charge is -2.13. The monoisotopic (exact) mass is 226 g/mol. The fourth-order valence-electron chi connectivity index (χ4n) is 1.09. The Kier molecular flexibility index (Phi) is 7.68. The predicted molar refractivity (Wildman–Crippen MR) is 60.9 cm³/mol. The smallest absolute Gasteiger partial charge is 0.326 e. The van der Waals surface area contributed by atoms with Gasteiger partial charge in [0.1, 0.15) is 6.04 Å². The molecule has 0 aliphatic carbocycles. The molecule has 0 aromatic carbocycles. The fraction of sp³-hybridized carbons (Fsp3) is 0.636. The third-order valence-corrected chi connectivity index (χ3v) is 1.96. The van der Waals surface area contributed by atoms with Crippen molar-refractivity contribution in [2.24, 2.45) is 0 Å². The summed E-state index contributed by atoms with van der Waals surface area (Å²) >= 11 is 0. The molecule has 16 heavy (non-hydrogen) atoms. The van der Waals surface area contributed by atoms with E-state index in [-0.39, 0.29) is 6.54 Å². The van der Waals surface area contributed by atoms with Crippen molar-refractivity contribution in [2.75, 3.05) is 6.54 Å². The molecule has 0 heterocycles. The highest BCUT2D eigenvalue weighted by molar-refractivity contribution is 5.82. The molecule has 1 atom stereocenters. The third kappa shape index (κ3) is 6.71. The molecule has 0 saturated carbocycles. The summed E-state index contributed by atoms with van der Waals surface area (Å²) in [7, 11) is 0. The molecule has 0 bridgehead atoms. The Morgan fingerprint density at radius 3 is 2.62 bits per heavy atom. The molecule has 1 unspecified atom stereocenters. The molecule has 0 aromatic heterocycles. The number of hydrogen-bond donors (Lipinski definition) is 3. The van der Waals surface area contributed by atoms with E-state index < -0.39 is 18.0 Å². The van der Waals surface area contributed by atoms with E-state index in [0.717, 1.165) is 12.8 Å². The van der Waals surface area contributed by atoms with Crippen LogP contribution >= 0.6 is 0 Å². The predicted octanol–water partition coefficient (Wildman–Crippen LogP) is 0.952. The minimum absolute atomic E-state index is 0.225. The number of carbonyl (C=O) groups is 2. The van der Waals surface area contributed by atoms with Crippen LogP contribution < -0.4 is 10.6 Å². The largest absolute Gasteiger partial charge is 0.480 e. The molecule has 0 rings (SSSR count). The van der Waals surface area contributed by atoms with Crippen molar-refractivity contribution in [3.8, 4) is 11.8 Å². The quantitative estimate of drug-likeness (QED) is 0.590. The van der Waals surface area contributed by atoms with Gasteiger partial charge in [-0.15, -0.1) is 5.92 Å². The molecular formula is C11H18N2O3. The zero-order chi connectivity index (χ0) is 12.4. The van der Waals surface area contributed by atoms with Crippen LogP contribution in [-0.2, 0) is 4.79 Å². The summed E-state index contributed by atoms with van der Waals surface area (Å²) in [6, 6.07) is -1.32. The van der Waals surface area contributed by atoms with Gasteiger partial charge in [0.15, 0.2) is 0 Å². The lowest BCUT2D eigenvalue weighted by molar-refractivity contribution is -0.139. The van der Waals surface area contributed by atoms with E-state index >= 15 is 0 Å². The Balaban J connectivity index is 4.01. The van der Waals surface area contributed by atoms with Crippen molar-refractivity contribution < 1.29 is 14.7 Å². The van der Waals surface area contributed by atoms with E-state index in [9.17, 15) is 9.59 Å². The first kappa shape index (κ1) is 14.3. The number of carboxylic acids is 1. The van der Waals surface area contributed by atoms with E-state index in [1.54, 1.807) is 6.92 Å².